The number of aromatic nitrogens is 3. The van der Waals surface area contributed by atoms with E-state index in [1.807, 2.05) is 55.6 Å². The highest BCUT2D eigenvalue weighted by Crippen LogP contribution is 2.24. The number of hydrogen-bond acceptors (Lipinski definition) is 5. The molecular weight excluding hydrogens is 400 g/mol. The van der Waals surface area contributed by atoms with E-state index < -0.39 is 0 Å². The van der Waals surface area contributed by atoms with Gasteiger partial charge in [-0.25, -0.2) is 9.50 Å². The monoisotopic (exact) mass is 422 g/mol. The Labute approximate surface area is 177 Å². The predicted octanol–water partition coefficient (Wildman–Crippen LogP) is 3.49. The molecule has 4 aromatic rings. The largest absolute Gasteiger partial charge is 0.497 e. The molecule has 0 spiro atoms. The fourth-order valence-electron chi connectivity index (χ4n) is 3.50. The number of nitrogens with zero attached hydrogens (tertiary/aromatic N) is 3. The van der Waals surface area contributed by atoms with Crippen molar-refractivity contribution in [2.45, 2.75) is 26.8 Å². The molecule has 0 radical (unpaired) electrons. The second-order valence-electron chi connectivity index (χ2n) is 7.01. The molecule has 154 valence electrons. The molecule has 1 aromatic carbocycles. The third-order valence-electron chi connectivity index (χ3n) is 5.11. The Morgan fingerprint density at radius 2 is 2.00 bits per heavy atom. The molecule has 3 heterocycles. The normalized spacial score (nSPS) is 11.0. The van der Waals surface area contributed by atoms with Crippen LogP contribution in [-0.4, -0.2) is 27.6 Å². The number of amides is 1. The average molecular weight is 423 g/mol. The van der Waals surface area contributed by atoms with E-state index in [0.29, 0.717) is 12.2 Å². The quantitative estimate of drug-likeness (QED) is 0.516. The number of aromatic amines is 1. The van der Waals surface area contributed by atoms with Crippen LogP contribution < -0.4 is 15.2 Å². The lowest BCUT2D eigenvalue weighted by atomic mass is 10.1. The molecule has 0 unspecified atom stereocenters. The molecule has 7 nitrogen and oxygen atoms in total. The Kier molecular flexibility index (Phi) is 5.41. The van der Waals surface area contributed by atoms with E-state index in [0.717, 1.165) is 33.3 Å². The fourth-order valence-corrected chi connectivity index (χ4v) is 4.19. The van der Waals surface area contributed by atoms with Gasteiger partial charge in [-0.15, -0.1) is 11.3 Å². The number of carbonyl (C=O) groups is 1. The summed E-state index contributed by atoms with van der Waals surface area (Å²) in [6, 6.07) is 12.9. The highest BCUT2D eigenvalue weighted by Gasteiger charge is 2.21. The highest BCUT2D eigenvalue weighted by atomic mass is 32.1. The zero-order valence-corrected chi connectivity index (χ0v) is 17.8. The molecule has 0 aliphatic rings. The Morgan fingerprint density at radius 3 is 2.67 bits per heavy atom. The molecule has 0 saturated carbocycles. The first-order chi connectivity index (χ1) is 14.5. The third-order valence-corrected chi connectivity index (χ3v) is 5.97. The Morgan fingerprint density at radius 1 is 1.23 bits per heavy atom. The molecule has 0 saturated heterocycles. The van der Waals surface area contributed by atoms with E-state index >= 15 is 0 Å². The lowest BCUT2D eigenvalue weighted by Crippen LogP contribution is -2.32. The second kappa shape index (κ2) is 8.16. The number of methoxy groups -OCH3 is 1. The van der Waals surface area contributed by atoms with Gasteiger partial charge in [0, 0.05) is 33.6 Å². The zero-order valence-electron chi connectivity index (χ0n) is 17.0. The highest BCUT2D eigenvalue weighted by molar-refractivity contribution is 7.09. The van der Waals surface area contributed by atoms with Gasteiger partial charge in [0.1, 0.15) is 5.75 Å². The van der Waals surface area contributed by atoms with E-state index in [4.69, 9.17) is 4.74 Å². The van der Waals surface area contributed by atoms with Crippen molar-refractivity contribution in [3.8, 4) is 5.75 Å². The number of ether oxygens (including phenoxy) is 1. The predicted molar refractivity (Wildman–Crippen MR) is 117 cm³/mol. The molecule has 0 atom stereocenters. The van der Waals surface area contributed by atoms with Gasteiger partial charge >= 0.3 is 0 Å². The van der Waals surface area contributed by atoms with Crippen LogP contribution in [0.25, 0.3) is 5.65 Å². The van der Waals surface area contributed by atoms with Gasteiger partial charge in [0.15, 0.2) is 5.65 Å². The molecular formula is C22H22N4O3S. The van der Waals surface area contributed by atoms with Crippen LogP contribution >= 0.6 is 11.3 Å². The minimum absolute atomic E-state index is 0.0459. The summed E-state index contributed by atoms with van der Waals surface area (Å²) in [5.74, 6) is 0.690. The maximum absolute atomic E-state index is 13.4. The number of anilines is 1. The molecule has 1 amide bonds. The maximum atomic E-state index is 13.4. The number of rotatable bonds is 6. The van der Waals surface area contributed by atoms with Gasteiger partial charge in [-0.3, -0.25) is 14.7 Å². The molecule has 0 aliphatic heterocycles. The summed E-state index contributed by atoms with van der Waals surface area (Å²) in [7, 11) is 1.61. The number of fused-ring (bicyclic) bond motifs is 1. The van der Waals surface area contributed by atoms with Crippen LogP contribution in [-0.2, 0) is 17.8 Å². The van der Waals surface area contributed by atoms with E-state index in [1.165, 1.54) is 6.07 Å². The molecule has 1 N–H and O–H groups in total. The summed E-state index contributed by atoms with van der Waals surface area (Å²) in [5.41, 5.74) is 3.49. The van der Waals surface area contributed by atoms with Crippen molar-refractivity contribution in [1.29, 1.82) is 0 Å². The first-order valence-corrected chi connectivity index (χ1v) is 10.4. The minimum atomic E-state index is -0.217. The van der Waals surface area contributed by atoms with Gasteiger partial charge in [-0.1, -0.05) is 6.07 Å². The lowest BCUT2D eigenvalue weighted by molar-refractivity contribution is -0.118. The summed E-state index contributed by atoms with van der Waals surface area (Å²) in [5, 5.41) is 4.74. The second-order valence-corrected chi connectivity index (χ2v) is 8.04. The van der Waals surface area contributed by atoms with Gasteiger partial charge < -0.3 is 9.64 Å². The number of benzene rings is 1. The van der Waals surface area contributed by atoms with Crippen LogP contribution in [0.3, 0.4) is 0 Å². The van der Waals surface area contributed by atoms with Gasteiger partial charge in [-0.05, 0) is 49.6 Å². The van der Waals surface area contributed by atoms with Crippen LogP contribution in [0, 0.1) is 13.8 Å². The summed E-state index contributed by atoms with van der Waals surface area (Å²) in [6.07, 6.45) is 0.179. The van der Waals surface area contributed by atoms with Crippen LogP contribution in [0.15, 0.2) is 52.6 Å². The van der Waals surface area contributed by atoms with Gasteiger partial charge in [0.25, 0.3) is 5.56 Å². The molecule has 3 aromatic heterocycles. The third kappa shape index (κ3) is 3.86. The first kappa shape index (κ1) is 19.9. The van der Waals surface area contributed by atoms with Gasteiger partial charge in [0.2, 0.25) is 5.91 Å². The number of thiophene rings is 1. The van der Waals surface area contributed by atoms with E-state index in [1.54, 1.807) is 27.9 Å². The smallest absolute Gasteiger partial charge is 0.266 e. The molecule has 0 bridgehead atoms. The van der Waals surface area contributed by atoms with E-state index in [2.05, 4.69) is 10.1 Å². The van der Waals surface area contributed by atoms with Crippen LogP contribution in [0.4, 0.5) is 5.69 Å². The van der Waals surface area contributed by atoms with Gasteiger partial charge in [-0.2, -0.15) is 0 Å². The van der Waals surface area contributed by atoms with Crippen molar-refractivity contribution >= 4 is 28.6 Å². The zero-order chi connectivity index (χ0) is 21.3. The Bertz CT molecular complexity index is 1240. The number of H-pyrrole nitrogens is 1. The first-order valence-electron chi connectivity index (χ1n) is 9.51. The summed E-state index contributed by atoms with van der Waals surface area (Å²) in [4.78, 5) is 32.5. The van der Waals surface area contributed by atoms with E-state index in [9.17, 15) is 9.59 Å². The lowest BCUT2D eigenvalue weighted by Gasteiger charge is -2.23. The molecule has 4 rings (SSSR count). The summed E-state index contributed by atoms with van der Waals surface area (Å²) >= 11 is 1.61. The molecule has 8 heteroatoms. The minimum Gasteiger partial charge on any atom is -0.497 e. The maximum Gasteiger partial charge on any atom is 0.266 e. The van der Waals surface area contributed by atoms with Gasteiger partial charge in [0.05, 0.1) is 20.1 Å². The summed E-state index contributed by atoms with van der Waals surface area (Å²) < 4.78 is 6.88. The van der Waals surface area contributed by atoms with Crippen molar-refractivity contribution in [1.82, 2.24) is 14.6 Å². The number of carbonyl (C=O) groups excluding carboxylic acids is 1. The van der Waals surface area contributed by atoms with Crippen LogP contribution in [0.5, 0.6) is 5.75 Å². The molecule has 0 fully saturated rings. The summed E-state index contributed by atoms with van der Waals surface area (Å²) in [6.45, 7) is 4.23. The van der Waals surface area contributed by atoms with Crippen molar-refractivity contribution in [2.75, 3.05) is 12.0 Å². The van der Waals surface area contributed by atoms with Crippen LogP contribution in [0.1, 0.15) is 21.8 Å². The van der Waals surface area contributed by atoms with E-state index in [-0.39, 0.29) is 17.9 Å². The fraction of sp³-hybridized carbons (Fsp3) is 0.227. The van der Waals surface area contributed by atoms with Crippen LogP contribution in [0.2, 0.25) is 0 Å². The Hall–Kier alpha value is -3.39. The molecule has 30 heavy (non-hydrogen) atoms. The number of aryl methyl sites for hydroxylation is 2. The molecule has 0 aliphatic carbocycles. The topological polar surface area (TPSA) is 79.7 Å². The Balaban J connectivity index is 1.69. The average Bonchev–Trinajstić information content (AvgIpc) is 3.38. The van der Waals surface area contributed by atoms with Crippen molar-refractivity contribution in [3.63, 3.8) is 0 Å². The van der Waals surface area contributed by atoms with Crippen molar-refractivity contribution < 1.29 is 9.53 Å². The standard InChI is InChI=1S/C22H22N4O3S/c1-14-19(15(2)26-20(23-14)12-21(27)24-26)11-22(28)25(13-18-5-4-10-30-18)16-6-8-17(29-3)9-7-16/h4-10,12H,11,13H2,1-3H3,(H,24,27). The van der Waals surface area contributed by atoms with Crippen molar-refractivity contribution in [3.05, 3.63) is 80.0 Å². The number of nitrogens with one attached hydrogen (secondary N) is 1. The van der Waals surface area contributed by atoms with Crippen molar-refractivity contribution in [2.24, 2.45) is 0 Å². The SMILES string of the molecule is COc1ccc(N(Cc2cccs2)C(=O)Cc2c(C)nc3cc(=O)[nH]n3c2C)cc1. The number of hydrogen-bond donors (Lipinski definition) is 1.